The highest BCUT2D eigenvalue weighted by atomic mass is 32.2. The zero-order chi connectivity index (χ0) is 17.9. The van der Waals surface area contributed by atoms with E-state index >= 15 is 0 Å². The fraction of sp³-hybridized carbons (Fsp3) is 0.0588. The van der Waals surface area contributed by atoms with Crippen LogP contribution in [0.4, 0.5) is 0 Å². The summed E-state index contributed by atoms with van der Waals surface area (Å²) in [5.41, 5.74) is 3.37. The highest BCUT2D eigenvalue weighted by molar-refractivity contribution is 7.90. The van der Waals surface area contributed by atoms with Gasteiger partial charge >= 0.3 is 0 Å². The third-order valence-corrected chi connectivity index (χ3v) is 5.31. The largest absolute Gasteiger partial charge is 0.295 e. The average Bonchev–Trinajstić information content (AvgIpc) is 3.12. The molecule has 1 amide bonds. The van der Waals surface area contributed by atoms with E-state index in [1.54, 1.807) is 54.6 Å². The first-order chi connectivity index (χ1) is 12.0. The molecule has 25 heavy (non-hydrogen) atoms. The molecule has 0 saturated carbocycles. The van der Waals surface area contributed by atoms with Gasteiger partial charge in [-0.05, 0) is 35.4 Å². The molecule has 0 bridgehead atoms. The number of benzene rings is 2. The number of sulfone groups is 1. The third-order valence-electron chi connectivity index (χ3n) is 3.61. The lowest BCUT2D eigenvalue weighted by Crippen LogP contribution is -2.18. The molecule has 0 atom stereocenters. The van der Waals surface area contributed by atoms with E-state index in [1.807, 2.05) is 0 Å². The molecule has 0 unspecified atom stereocenters. The van der Waals surface area contributed by atoms with Crippen LogP contribution in [0.3, 0.4) is 0 Å². The van der Waals surface area contributed by atoms with Gasteiger partial charge in [0.1, 0.15) is 0 Å². The van der Waals surface area contributed by atoms with Gasteiger partial charge < -0.3 is 0 Å². The number of hydroxylamine groups is 1. The lowest BCUT2D eigenvalue weighted by atomic mass is 10.1. The van der Waals surface area contributed by atoms with Gasteiger partial charge in [0.25, 0.3) is 5.91 Å². The monoisotopic (exact) mass is 357 g/mol. The number of carbonyl (C=O) groups is 1. The van der Waals surface area contributed by atoms with Gasteiger partial charge in [-0.25, -0.2) is 13.9 Å². The quantitative estimate of drug-likeness (QED) is 0.478. The van der Waals surface area contributed by atoms with Crippen LogP contribution in [0.15, 0.2) is 65.6 Å². The zero-order valence-corrected chi connectivity index (χ0v) is 13.8. The van der Waals surface area contributed by atoms with Crippen molar-refractivity contribution < 1.29 is 18.4 Å². The van der Waals surface area contributed by atoms with Gasteiger partial charge in [-0.1, -0.05) is 36.4 Å². The second-order valence-corrected chi connectivity index (χ2v) is 7.37. The van der Waals surface area contributed by atoms with E-state index in [1.165, 1.54) is 11.5 Å². The van der Waals surface area contributed by atoms with Crippen LogP contribution in [-0.2, 0) is 15.6 Å². The number of nitrogens with one attached hydrogen (secondary N) is 2. The summed E-state index contributed by atoms with van der Waals surface area (Å²) in [7, 11) is -3.45. The number of aromatic amines is 1. The summed E-state index contributed by atoms with van der Waals surface area (Å²) in [4.78, 5) is 11.6. The van der Waals surface area contributed by atoms with E-state index in [9.17, 15) is 13.2 Å². The Morgan fingerprint density at radius 3 is 2.56 bits per heavy atom. The van der Waals surface area contributed by atoms with Gasteiger partial charge in [0.2, 0.25) is 0 Å². The molecule has 0 saturated heterocycles. The number of nitrogens with zero attached hydrogens (tertiary/aromatic N) is 1. The van der Waals surface area contributed by atoms with Crippen LogP contribution in [0.25, 0.3) is 11.3 Å². The number of aromatic nitrogens is 2. The Morgan fingerprint density at radius 2 is 1.84 bits per heavy atom. The molecule has 2 aromatic carbocycles. The molecule has 0 spiro atoms. The fourth-order valence-corrected chi connectivity index (χ4v) is 3.76. The maximum atomic E-state index is 12.5. The molecule has 0 radical (unpaired) electrons. The molecule has 1 aromatic heterocycles. The van der Waals surface area contributed by atoms with Gasteiger partial charge in [0.15, 0.2) is 15.5 Å². The highest BCUT2D eigenvalue weighted by Crippen LogP contribution is 2.22. The van der Waals surface area contributed by atoms with Gasteiger partial charge in [-0.3, -0.25) is 15.1 Å². The summed E-state index contributed by atoms with van der Waals surface area (Å²) in [5.74, 6) is -0.867. The van der Waals surface area contributed by atoms with E-state index in [-0.39, 0.29) is 16.3 Å². The Kier molecular flexibility index (Phi) is 4.64. The fourth-order valence-electron chi connectivity index (χ4n) is 2.40. The van der Waals surface area contributed by atoms with E-state index in [0.717, 1.165) is 0 Å². The molecule has 1 heterocycles. The second kappa shape index (κ2) is 6.88. The molecule has 3 aromatic rings. The SMILES string of the molecule is O=C(NO)c1cc(-c2cccc(CS(=O)(=O)c3ccccc3)c2)[nH]n1. The Hall–Kier alpha value is -2.97. The topological polar surface area (TPSA) is 112 Å². The van der Waals surface area contributed by atoms with Crippen LogP contribution in [0.2, 0.25) is 0 Å². The predicted octanol–water partition coefficient (Wildman–Crippen LogP) is 2.17. The standard InChI is InChI=1S/C17H15N3O4S/c21-17(20-22)16-10-15(18-19-16)13-6-4-5-12(9-13)11-25(23,24)14-7-2-1-3-8-14/h1-10,22H,11H2,(H,18,19)(H,20,21). The van der Waals surface area contributed by atoms with Crippen LogP contribution in [0.5, 0.6) is 0 Å². The normalized spacial score (nSPS) is 11.2. The maximum absolute atomic E-state index is 12.5. The van der Waals surface area contributed by atoms with Crippen molar-refractivity contribution in [3.05, 3.63) is 71.9 Å². The summed E-state index contributed by atoms with van der Waals surface area (Å²) in [5, 5.41) is 15.1. The van der Waals surface area contributed by atoms with Crippen LogP contribution in [0, 0.1) is 0 Å². The summed E-state index contributed by atoms with van der Waals surface area (Å²) in [6.07, 6.45) is 0. The van der Waals surface area contributed by atoms with Crippen molar-refractivity contribution in [2.24, 2.45) is 0 Å². The van der Waals surface area contributed by atoms with E-state index in [0.29, 0.717) is 16.8 Å². The van der Waals surface area contributed by atoms with Crippen molar-refractivity contribution in [3.63, 3.8) is 0 Å². The Labute approximate surface area is 144 Å². The van der Waals surface area contributed by atoms with Crippen molar-refractivity contribution in [1.29, 1.82) is 0 Å². The van der Waals surface area contributed by atoms with Gasteiger partial charge in [-0.2, -0.15) is 5.10 Å². The van der Waals surface area contributed by atoms with E-state index < -0.39 is 15.7 Å². The first kappa shape index (κ1) is 16.9. The molecule has 0 aliphatic rings. The Balaban J connectivity index is 1.87. The average molecular weight is 357 g/mol. The Morgan fingerprint density at radius 1 is 1.08 bits per heavy atom. The lowest BCUT2D eigenvalue weighted by Gasteiger charge is -2.06. The minimum Gasteiger partial charge on any atom is -0.288 e. The molecule has 3 rings (SSSR count). The molecule has 128 valence electrons. The molecule has 0 fully saturated rings. The molecular weight excluding hydrogens is 342 g/mol. The summed E-state index contributed by atoms with van der Waals surface area (Å²) < 4.78 is 25.0. The summed E-state index contributed by atoms with van der Waals surface area (Å²) >= 11 is 0. The molecule has 3 N–H and O–H groups in total. The minimum absolute atomic E-state index is 0.0276. The summed E-state index contributed by atoms with van der Waals surface area (Å²) in [6, 6.07) is 16.7. The van der Waals surface area contributed by atoms with Crippen LogP contribution >= 0.6 is 0 Å². The highest BCUT2D eigenvalue weighted by Gasteiger charge is 2.16. The first-order valence-electron chi connectivity index (χ1n) is 7.36. The number of hydrogen-bond acceptors (Lipinski definition) is 5. The minimum atomic E-state index is -3.45. The van der Waals surface area contributed by atoms with Crippen LogP contribution in [0.1, 0.15) is 16.1 Å². The molecule has 0 aliphatic heterocycles. The van der Waals surface area contributed by atoms with Gasteiger partial charge in [0.05, 0.1) is 16.3 Å². The second-order valence-electron chi connectivity index (χ2n) is 5.38. The van der Waals surface area contributed by atoms with Crippen molar-refractivity contribution in [2.75, 3.05) is 0 Å². The van der Waals surface area contributed by atoms with Gasteiger partial charge in [-0.15, -0.1) is 0 Å². The van der Waals surface area contributed by atoms with Crippen LogP contribution in [-0.4, -0.2) is 29.7 Å². The third kappa shape index (κ3) is 3.76. The number of amides is 1. The molecular formula is C17H15N3O4S. The van der Waals surface area contributed by atoms with Crippen molar-refractivity contribution in [2.45, 2.75) is 10.6 Å². The molecule has 8 heteroatoms. The van der Waals surface area contributed by atoms with E-state index in [4.69, 9.17) is 5.21 Å². The number of hydrogen-bond donors (Lipinski definition) is 3. The van der Waals surface area contributed by atoms with Crippen molar-refractivity contribution in [1.82, 2.24) is 15.7 Å². The molecule has 7 nitrogen and oxygen atoms in total. The lowest BCUT2D eigenvalue weighted by molar-refractivity contribution is 0.0700. The molecule has 0 aliphatic carbocycles. The first-order valence-corrected chi connectivity index (χ1v) is 9.02. The maximum Gasteiger partial charge on any atom is 0.295 e. The van der Waals surface area contributed by atoms with E-state index in [2.05, 4.69) is 10.2 Å². The smallest absolute Gasteiger partial charge is 0.288 e. The summed E-state index contributed by atoms with van der Waals surface area (Å²) in [6.45, 7) is 0. The van der Waals surface area contributed by atoms with Crippen molar-refractivity contribution >= 4 is 15.7 Å². The zero-order valence-electron chi connectivity index (χ0n) is 13.0. The predicted molar refractivity (Wildman–Crippen MR) is 90.6 cm³/mol. The van der Waals surface area contributed by atoms with Gasteiger partial charge in [0, 0.05) is 0 Å². The number of carbonyl (C=O) groups excluding carboxylic acids is 1. The van der Waals surface area contributed by atoms with Crippen LogP contribution < -0.4 is 5.48 Å². The number of rotatable bonds is 5. The Bertz CT molecular complexity index is 997. The van der Waals surface area contributed by atoms with Crippen molar-refractivity contribution in [3.8, 4) is 11.3 Å². The number of H-pyrrole nitrogens is 1.